The van der Waals surface area contributed by atoms with Crippen LogP contribution in [0.4, 0.5) is 11.5 Å². The van der Waals surface area contributed by atoms with Crippen LogP contribution in [0.25, 0.3) is 0 Å². The van der Waals surface area contributed by atoms with Gasteiger partial charge in [-0.25, -0.2) is 4.98 Å². The maximum Gasteiger partial charge on any atom is 0.312 e. The maximum atomic E-state index is 11.0. The minimum atomic E-state index is -0.401. The van der Waals surface area contributed by atoms with Crippen LogP contribution in [0.2, 0.25) is 0 Å². The zero-order valence-electron chi connectivity index (χ0n) is 9.17. The van der Waals surface area contributed by atoms with Crippen molar-refractivity contribution in [1.29, 1.82) is 0 Å². The third-order valence-corrected chi connectivity index (χ3v) is 3.28. The number of nitro groups is 1. The lowest BCUT2D eigenvalue weighted by Crippen LogP contribution is -2.40. The smallest absolute Gasteiger partial charge is 0.312 e. The molecule has 0 amide bonds. The third kappa shape index (κ3) is 2.73. The van der Waals surface area contributed by atoms with Crippen molar-refractivity contribution in [3.8, 4) is 0 Å². The second kappa shape index (κ2) is 4.97. The predicted molar refractivity (Wildman–Crippen MR) is 68.0 cm³/mol. The van der Waals surface area contributed by atoms with Crippen molar-refractivity contribution >= 4 is 27.4 Å². The Labute approximate surface area is 107 Å². The molecule has 2 heterocycles. The zero-order valence-corrected chi connectivity index (χ0v) is 10.8. The fourth-order valence-corrected chi connectivity index (χ4v) is 2.23. The van der Waals surface area contributed by atoms with Gasteiger partial charge >= 0.3 is 5.69 Å². The van der Waals surface area contributed by atoms with E-state index in [9.17, 15) is 10.1 Å². The van der Waals surface area contributed by atoms with Crippen LogP contribution in [-0.4, -0.2) is 29.0 Å². The molecule has 7 heteroatoms. The van der Waals surface area contributed by atoms with Crippen LogP contribution < -0.4 is 10.6 Å². The van der Waals surface area contributed by atoms with E-state index >= 15 is 0 Å². The lowest BCUT2D eigenvalue weighted by Gasteiger charge is -2.30. The normalized spacial score (nSPS) is 17.2. The summed E-state index contributed by atoms with van der Waals surface area (Å²) in [7, 11) is 0. The van der Waals surface area contributed by atoms with Gasteiger partial charge in [-0.3, -0.25) is 10.1 Å². The van der Waals surface area contributed by atoms with Gasteiger partial charge in [-0.05, 0) is 28.8 Å². The van der Waals surface area contributed by atoms with E-state index in [-0.39, 0.29) is 11.7 Å². The maximum absolute atomic E-state index is 11.0. The van der Waals surface area contributed by atoms with Crippen molar-refractivity contribution in [2.24, 2.45) is 5.73 Å². The van der Waals surface area contributed by atoms with Crippen molar-refractivity contribution < 1.29 is 4.92 Å². The van der Waals surface area contributed by atoms with Gasteiger partial charge in [-0.2, -0.15) is 0 Å². The molecule has 0 spiro atoms. The Morgan fingerprint density at radius 1 is 1.53 bits per heavy atom. The first-order valence-corrected chi connectivity index (χ1v) is 6.17. The fraction of sp³-hybridized carbons (Fsp3) is 0.500. The molecule has 0 saturated carbocycles. The van der Waals surface area contributed by atoms with Gasteiger partial charge in [0, 0.05) is 35.9 Å². The van der Waals surface area contributed by atoms with Crippen LogP contribution in [0.5, 0.6) is 0 Å². The van der Waals surface area contributed by atoms with Gasteiger partial charge in [-0.1, -0.05) is 0 Å². The number of piperidine rings is 1. The highest BCUT2D eigenvalue weighted by Crippen LogP contribution is 2.30. The van der Waals surface area contributed by atoms with Crippen molar-refractivity contribution in [3.05, 3.63) is 26.9 Å². The van der Waals surface area contributed by atoms with E-state index in [2.05, 4.69) is 20.9 Å². The Bertz CT molecular complexity index is 432. The van der Waals surface area contributed by atoms with Crippen LogP contribution in [-0.2, 0) is 0 Å². The van der Waals surface area contributed by atoms with E-state index in [1.807, 2.05) is 4.90 Å². The summed E-state index contributed by atoms with van der Waals surface area (Å²) in [4.78, 5) is 16.6. The zero-order chi connectivity index (χ0) is 12.4. The van der Waals surface area contributed by atoms with Gasteiger partial charge in [0.2, 0.25) is 5.82 Å². The van der Waals surface area contributed by atoms with E-state index in [0.717, 1.165) is 25.9 Å². The minimum Gasteiger partial charge on any atom is -0.351 e. The largest absolute Gasteiger partial charge is 0.351 e. The quantitative estimate of drug-likeness (QED) is 0.663. The van der Waals surface area contributed by atoms with E-state index in [1.54, 1.807) is 6.20 Å². The molecule has 1 saturated heterocycles. The standard InChI is InChI=1S/C10H13BrN4O2/c11-7-5-9(15(16)17)10(13-6-7)14-3-1-8(12)2-4-14/h5-6,8H,1-4,12H2. The molecule has 2 N–H and O–H groups in total. The SMILES string of the molecule is NC1CCN(c2ncc(Br)cc2[N+](=O)[O-])CC1. The first-order valence-electron chi connectivity index (χ1n) is 5.38. The van der Waals surface area contributed by atoms with E-state index < -0.39 is 4.92 Å². The van der Waals surface area contributed by atoms with Crippen LogP contribution >= 0.6 is 15.9 Å². The third-order valence-electron chi connectivity index (χ3n) is 2.85. The van der Waals surface area contributed by atoms with Crippen molar-refractivity contribution in [1.82, 2.24) is 4.98 Å². The van der Waals surface area contributed by atoms with Crippen molar-refractivity contribution in [2.75, 3.05) is 18.0 Å². The summed E-state index contributed by atoms with van der Waals surface area (Å²) in [6.07, 6.45) is 3.26. The summed E-state index contributed by atoms with van der Waals surface area (Å²) >= 11 is 3.19. The second-order valence-corrected chi connectivity index (χ2v) is 4.99. The molecule has 17 heavy (non-hydrogen) atoms. The second-order valence-electron chi connectivity index (χ2n) is 4.08. The molecule has 0 radical (unpaired) electrons. The summed E-state index contributed by atoms with van der Waals surface area (Å²) in [6.45, 7) is 1.44. The summed E-state index contributed by atoms with van der Waals surface area (Å²) < 4.78 is 0.613. The summed E-state index contributed by atoms with van der Waals surface area (Å²) in [6, 6.07) is 1.68. The number of hydrogen-bond donors (Lipinski definition) is 1. The number of aromatic nitrogens is 1. The Hall–Kier alpha value is -1.21. The monoisotopic (exact) mass is 300 g/mol. The Kier molecular flexibility index (Phi) is 3.58. The molecule has 1 aliphatic rings. The topological polar surface area (TPSA) is 85.3 Å². The molecular weight excluding hydrogens is 288 g/mol. The van der Waals surface area contributed by atoms with Gasteiger partial charge in [0.25, 0.3) is 0 Å². The summed E-state index contributed by atoms with van der Waals surface area (Å²) in [5.41, 5.74) is 5.85. The number of halogens is 1. The molecule has 0 atom stereocenters. The van der Waals surface area contributed by atoms with Gasteiger partial charge in [-0.15, -0.1) is 0 Å². The summed E-state index contributed by atoms with van der Waals surface area (Å²) in [5.74, 6) is 0.435. The van der Waals surface area contributed by atoms with Gasteiger partial charge in [0.05, 0.1) is 4.92 Å². The highest BCUT2D eigenvalue weighted by molar-refractivity contribution is 9.10. The number of rotatable bonds is 2. The average molecular weight is 301 g/mol. The van der Waals surface area contributed by atoms with Gasteiger partial charge in [0.1, 0.15) is 0 Å². The molecule has 6 nitrogen and oxygen atoms in total. The molecule has 92 valence electrons. The lowest BCUT2D eigenvalue weighted by atomic mass is 10.1. The molecule has 1 fully saturated rings. The lowest BCUT2D eigenvalue weighted by molar-refractivity contribution is -0.384. The van der Waals surface area contributed by atoms with Crippen molar-refractivity contribution in [2.45, 2.75) is 18.9 Å². The number of pyridine rings is 1. The van der Waals surface area contributed by atoms with Gasteiger partial charge in [0.15, 0.2) is 0 Å². The predicted octanol–water partition coefficient (Wildman–Crippen LogP) is 1.68. The highest BCUT2D eigenvalue weighted by Gasteiger charge is 2.24. The van der Waals surface area contributed by atoms with Crippen LogP contribution in [0.1, 0.15) is 12.8 Å². The molecule has 0 bridgehead atoms. The average Bonchev–Trinajstić information content (AvgIpc) is 2.30. The van der Waals surface area contributed by atoms with E-state index in [4.69, 9.17) is 5.73 Å². The Morgan fingerprint density at radius 3 is 2.76 bits per heavy atom. The summed E-state index contributed by atoms with van der Waals surface area (Å²) in [5, 5.41) is 11.0. The minimum absolute atomic E-state index is 0.0369. The number of anilines is 1. The molecule has 0 unspecified atom stereocenters. The molecule has 0 aliphatic carbocycles. The highest BCUT2D eigenvalue weighted by atomic mass is 79.9. The molecule has 1 aromatic rings. The van der Waals surface area contributed by atoms with Crippen LogP contribution in [0, 0.1) is 10.1 Å². The molecule has 1 aliphatic heterocycles. The Morgan fingerprint density at radius 2 is 2.18 bits per heavy atom. The van der Waals surface area contributed by atoms with Crippen molar-refractivity contribution in [3.63, 3.8) is 0 Å². The number of nitrogens with zero attached hydrogens (tertiary/aromatic N) is 3. The molecular formula is C10H13BrN4O2. The fourth-order valence-electron chi connectivity index (χ4n) is 1.91. The number of nitrogens with two attached hydrogens (primary N) is 1. The van der Waals surface area contributed by atoms with Gasteiger partial charge < -0.3 is 10.6 Å². The Balaban J connectivity index is 2.28. The molecule has 0 aromatic carbocycles. The van der Waals surface area contributed by atoms with Crippen LogP contribution in [0.15, 0.2) is 16.7 Å². The first kappa shape index (κ1) is 12.3. The van der Waals surface area contributed by atoms with E-state index in [0.29, 0.717) is 10.3 Å². The molecule has 1 aromatic heterocycles. The van der Waals surface area contributed by atoms with Crippen LogP contribution in [0.3, 0.4) is 0 Å². The molecule has 2 rings (SSSR count). The first-order chi connectivity index (χ1) is 8.08. The van der Waals surface area contributed by atoms with E-state index in [1.165, 1.54) is 6.07 Å². The number of hydrogen-bond acceptors (Lipinski definition) is 5.